The van der Waals surface area contributed by atoms with E-state index in [-0.39, 0.29) is 11.8 Å². The number of imide groups is 1. The Morgan fingerprint density at radius 3 is 2.43 bits per heavy atom. The molecule has 1 rings (SSSR count). The summed E-state index contributed by atoms with van der Waals surface area (Å²) in [5.74, 6) is -0.122. The molecule has 0 bridgehead atoms. The topological polar surface area (TPSA) is 46.6 Å². The normalized spacial score (nSPS) is 16.8. The molecule has 1 fully saturated rings. The highest BCUT2D eigenvalue weighted by atomic mass is 16.5. The average molecular weight is 199 g/mol. The zero-order valence-corrected chi connectivity index (χ0v) is 8.62. The van der Waals surface area contributed by atoms with E-state index in [1.165, 1.54) is 4.90 Å². The van der Waals surface area contributed by atoms with Crippen molar-refractivity contribution in [3.63, 3.8) is 0 Å². The van der Waals surface area contributed by atoms with Crippen LogP contribution >= 0.6 is 0 Å². The summed E-state index contributed by atoms with van der Waals surface area (Å²) in [6.07, 6.45) is 2.87. The minimum Gasteiger partial charge on any atom is -0.380 e. The fourth-order valence-corrected chi connectivity index (χ4v) is 1.38. The van der Waals surface area contributed by atoms with E-state index in [9.17, 15) is 9.59 Å². The Labute approximate surface area is 84.2 Å². The molecule has 0 aromatic heterocycles. The van der Waals surface area contributed by atoms with Crippen LogP contribution in [-0.2, 0) is 14.3 Å². The van der Waals surface area contributed by atoms with Gasteiger partial charge in [-0.2, -0.15) is 0 Å². The fraction of sp³-hybridized carbons (Fsp3) is 0.800. The zero-order chi connectivity index (χ0) is 10.4. The van der Waals surface area contributed by atoms with Crippen molar-refractivity contribution in [1.82, 2.24) is 4.90 Å². The van der Waals surface area contributed by atoms with Crippen molar-refractivity contribution in [3.05, 3.63) is 0 Å². The summed E-state index contributed by atoms with van der Waals surface area (Å²) in [4.78, 5) is 23.6. The lowest BCUT2D eigenvalue weighted by molar-refractivity contribution is -0.139. The second-order valence-electron chi connectivity index (χ2n) is 3.41. The van der Waals surface area contributed by atoms with Crippen molar-refractivity contribution in [2.24, 2.45) is 0 Å². The molecule has 80 valence electrons. The number of carbonyl (C=O) groups is 2. The molecule has 0 atom stereocenters. The number of unbranched alkanes of at least 4 members (excludes halogenated alkanes) is 1. The van der Waals surface area contributed by atoms with Gasteiger partial charge in [0.15, 0.2) is 0 Å². The van der Waals surface area contributed by atoms with Gasteiger partial charge in [0.25, 0.3) is 0 Å². The van der Waals surface area contributed by atoms with Gasteiger partial charge in [-0.1, -0.05) is 13.3 Å². The molecule has 0 aliphatic carbocycles. The maximum atomic E-state index is 11.2. The van der Waals surface area contributed by atoms with Crippen LogP contribution in [0.15, 0.2) is 0 Å². The van der Waals surface area contributed by atoms with Crippen molar-refractivity contribution >= 4 is 11.8 Å². The van der Waals surface area contributed by atoms with Crippen LogP contribution in [0.1, 0.15) is 32.6 Å². The molecule has 0 aromatic rings. The summed E-state index contributed by atoms with van der Waals surface area (Å²) in [7, 11) is 0. The van der Waals surface area contributed by atoms with Crippen molar-refractivity contribution in [2.75, 3.05) is 19.8 Å². The van der Waals surface area contributed by atoms with Crippen molar-refractivity contribution in [2.45, 2.75) is 32.6 Å². The number of rotatable bonds is 6. The molecule has 0 N–H and O–H groups in total. The Hall–Kier alpha value is -0.900. The second kappa shape index (κ2) is 5.75. The van der Waals surface area contributed by atoms with Crippen LogP contribution in [0.5, 0.6) is 0 Å². The molecule has 1 aliphatic heterocycles. The highest BCUT2D eigenvalue weighted by Crippen LogP contribution is 2.10. The third-order valence-corrected chi connectivity index (χ3v) is 2.26. The Balaban J connectivity index is 2.11. The molecular weight excluding hydrogens is 182 g/mol. The Kier molecular flexibility index (Phi) is 4.59. The summed E-state index contributed by atoms with van der Waals surface area (Å²) < 4.78 is 5.29. The van der Waals surface area contributed by atoms with Crippen molar-refractivity contribution in [3.8, 4) is 0 Å². The van der Waals surface area contributed by atoms with E-state index in [2.05, 4.69) is 6.92 Å². The van der Waals surface area contributed by atoms with Crippen molar-refractivity contribution < 1.29 is 14.3 Å². The summed E-state index contributed by atoms with van der Waals surface area (Å²) in [5, 5.41) is 0. The Bertz CT molecular complexity index is 199. The fourth-order valence-electron chi connectivity index (χ4n) is 1.38. The van der Waals surface area contributed by atoms with E-state index in [4.69, 9.17) is 4.74 Å². The smallest absolute Gasteiger partial charge is 0.229 e. The molecule has 1 aliphatic rings. The molecule has 1 heterocycles. The molecule has 0 radical (unpaired) electrons. The van der Waals surface area contributed by atoms with Gasteiger partial charge in [0.1, 0.15) is 0 Å². The lowest BCUT2D eigenvalue weighted by atomic mass is 10.4. The van der Waals surface area contributed by atoms with Gasteiger partial charge in [0.05, 0.1) is 13.2 Å². The number of ether oxygens (including phenoxy) is 1. The van der Waals surface area contributed by atoms with Gasteiger partial charge in [0.2, 0.25) is 11.8 Å². The van der Waals surface area contributed by atoms with E-state index in [1.54, 1.807) is 0 Å². The van der Waals surface area contributed by atoms with E-state index in [0.29, 0.717) is 32.6 Å². The van der Waals surface area contributed by atoms with Crippen LogP contribution in [0.2, 0.25) is 0 Å². The molecule has 0 aromatic carbocycles. The average Bonchev–Trinajstić information content (AvgIpc) is 2.48. The van der Waals surface area contributed by atoms with Crippen molar-refractivity contribution in [1.29, 1.82) is 0 Å². The summed E-state index contributed by atoms with van der Waals surface area (Å²) >= 11 is 0. The van der Waals surface area contributed by atoms with E-state index >= 15 is 0 Å². The monoisotopic (exact) mass is 199 g/mol. The predicted molar refractivity (Wildman–Crippen MR) is 51.7 cm³/mol. The van der Waals surface area contributed by atoms with Gasteiger partial charge >= 0.3 is 0 Å². The summed E-state index contributed by atoms with van der Waals surface area (Å²) in [6.45, 7) is 3.70. The maximum Gasteiger partial charge on any atom is 0.229 e. The first-order valence-electron chi connectivity index (χ1n) is 5.16. The highest BCUT2D eigenvalue weighted by molar-refractivity contribution is 6.01. The number of likely N-dealkylation sites (tertiary alicyclic amines) is 1. The van der Waals surface area contributed by atoms with Gasteiger partial charge in [-0.15, -0.1) is 0 Å². The second-order valence-corrected chi connectivity index (χ2v) is 3.41. The van der Waals surface area contributed by atoms with Gasteiger partial charge in [-0.3, -0.25) is 14.5 Å². The van der Waals surface area contributed by atoms with Crippen LogP contribution in [0.25, 0.3) is 0 Å². The van der Waals surface area contributed by atoms with Crippen LogP contribution in [0, 0.1) is 0 Å². The zero-order valence-electron chi connectivity index (χ0n) is 8.62. The van der Waals surface area contributed by atoms with Crippen LogP contribution in [0.3, 0.4) is 0 Å². The maximum absolute atomic E-state index is 11.2. The molecule has 0 unspecified atom stereocenters. The standard InChI is InChI=1S/C10H17NO3/c1-2-3-7-14-8-6-11-9(12)4-5-10(11)13/h2-8H2,1H3. The van der Waals surface area contributed by atoms with Gasteiger partial charge in [-0.25, -0.2) is 0 Å². The Morgan fingerprint density at radius 2 is 1.86 bits per heavy atom. The number of amides is 2. The van der Waals surface area contributed by atoms with Gasteiger partial charge < -0.3 is 4.74 Å². The minimum atomic E-state index is -0.0610. The molecule has 0 saturated carbocycles. The molecule has 4 heteroatoms. The SMILES string of the molecule is CCCCOCCN1C(=O)CCC1=O. The van der Waals surface area contributed by atoms with E-state index in [0.717, 1.165) is 12.8 Å². The lowest BCUT2D eigenvalue weighted by Crippen LogP contribution is -2.32. The van der Waals surface area contributed by atoms with E-state index in [1.807, 2.05) is 0 Å². The van der Waals surface area contributed by atoms with Gasteiger partial charge in [0, 0.05) is 19.4 Å². The van der Waals surface area contributed by atoms with E-state index < -0.39 is 0 Å². The molecule has 2 amide bonds. The molecule has 0 spiro atoms. The minimum absolute atomic E-state index is 0.0610. The highest BCUT2D eigenvalue weighted by Gasteiger charge is 2.27. The summed E-state index contributed by atoms with van der Waals surface area (Å²) in [5.41, 5.74) is 0. The first-order valence-corrected chi connectivity index (χ1v) is 5.16. The molecule has 4 nitrogen and oxygen atoms in total. The summed E-state index contributed by atoms with van der Waals surface area (Å²) in [6, 6.07) is 0. The predicted octanol–water partition coefficient (Wildman–Crippen LogP) is 0.952. The Morgan fingerprint density at radius 1 is 1.21 bits per heavy atom. The largest absolute Gasteiger partial charge is 0.380 e. The molecule has 1 saturated heterocycles. The number of hydrogen-bond acceptors (Lipinski definition) is 3. The number of nitrogens with zero attached hydrogens (tertiary/aromatic N) is 1. The first kappa shape index (κ1) is 11.2. The van der Waals surface area contributed by atoms with Crippen LogP contribution < -0.4 is 0 Å². The first-order chi connectivity index (χ1) is 6.75. The third-order valence-electron chi connectivity index (χ3n) is 2.26. The molecule has 14 heavy (non-hydrogen) atoms. The number of carbonyl (C=O) groups excluding carboxylic acids is 2. The number of hydrogen-bond donors (Lipinski definition) is 0. The third kappa shape index (κ3) is 3.10. The van der Waals surface area contributed by atoms with Crippen LogP contribution in [-0.4, -0.2) is 36.5 Å². The van der Waals surface area contributed by atoms with Gasteiger partial charge in [-0.05, 0) is 6.42 Å². The quantitative estimate of drug-likeness (QED) is 0.472. The van der Waals surface area contributed by atoms with Crippen LogP contribution in [0.4, 0.5) is 0 Å². The molecular formula is C10H17NO3. The lowest BCUT2D eigenvalue weighted by Gasteiger charge is -2.13.